The summed E-state index contributed by atoms with van der Waals surface area (Å²) in [7, 11) is 1.55. The lowest BCUT2D eigenvalue weighted by Gasteiger charge is -2.02. The maximum Gasteiger partial charge on any atom is 0.285 e. The van der Waals surface area contributed by atoms with Crippen molar-refractivity contribution in [3.63, 3.8) is 0 Å². The highest BCUT2D eigenvalue weighted by Crippen LogP contribution is 2.33. The van der Waals surface area contributed by atoms with E-state index in [0.717, 1.165) is 17.2 Å². The highest BCUT2D eigenvalue weighted by atomic mass is 35.5. The van der Waals surface area contributed by atoms with Gasteiger partial charge in [-0.25, -0.2) is 4.98 Å². The van der Waals surface area contributed by atoms with Crippen LogP contribution in [-0.4, -0.2) is 31.9 Å². The number of aryl methyl sites for hydroxylation is 2. The molecular weight excluding hydrogens is 437 g/mol. The Morgan fingerprint density at radius 2 is 2.03 bits per heavy atom. The number of methoxy groups -OCH3 is 1. The summed E-state index contributed by atoms with van der Waals surface area (Å²) < 4.78 is 12.2. The summed E-state index contributed by atoms with van der Waals surface area (Å²) in [6.45, 7) is 3.45. The van der Waals surface area contributed by atoms with Crippen molar-refractivity contribution in [1.82, 2.24) is 18.9 Å². The van der Waals surface area contributed by atoms with Crippen LogP contribution in [0, 0.1) is 13.8 Å². The molecule has 0 saturated heterocycles. The van der Waals surface area contributed by atoms with Crippen molar-refractivity contribution < 1.29 is 14.1 Å². The van der Waals surface area contributed by atoms with Crippen LogP contribution < -0.4 is 9.54 Å². The van der Waals surface area contributed by atoms with E-state index in [1.54, 1.807) is 42.1 Å². The quantitative estimate of drug-likeness (QED) is 0.466. The summed E-state index contributed by atoms with van der Waals surface area (Å²) in [5.41, 5.74) is 1.75. The summed E-state index contributed by atoms with van der Waals surface area (Å²) in [6, 6.07) is 6.66. The standard InChI is InChI=1S/C18H13Cl2N5O3S/c1-8-6-13(27-3)25-17(21-8)23-18(29-25)22-16(26)14-9(2)28-24-15(14)11-5-4-10(19)7-12(11)20/h4-7H,1-3H3. The fourth-order valence-electron chi connectivity index (χ4n) is 2.73. The third-order valence-corrected chi connectivity index (χ3v) is 5.45. The van der Waals surface area contributed by atoms with E-state index in [2.05, 4.69) is 20.1 Å². The van der Waals surface area contributed by atoms with Crippen LogP contribution in [0.3, 0.4) is 0 Å². The zero-order valence-electron chi connectivity index (χ0n) is 15.4. The van der Waals surface area contributed by atoms with Crippen molar-refractivity contribution in [2.24, 2.45) is 4.99 Å². The number of rotatable bonds is 3. The molecule has 0 aliphatic heterocycles. The molecule has 0 spiro atoms. The lowest BCUT2D eigenvalue weighted by atomic mass is 10.1. The zero-order valence-corrected chi connectivity index (χ0v) is 17.8. The Morgan fingerprint density at radius 3 is 2.76 bits per heavy atom. The number of nitrogens with zero attached hydrogens (tertiary/aromatic N) is 5. The number of aromatic nitrogens is 4. The number of hydrogen-bond donors (Lipinski definition) is 0. The smallest absolute Gasteiger partial charge is 0.285 e. The van der Waals surface area contributed by atoms with Gasteiger partial charge in [-0.2, -0.15) is 13.8 Å². The van der Waals surface area contributed by atoms with E-state index in [1.165, 1.54) is 0 Å². The fraction of sp³-hybridized carbons (Fsp3) is 0.167. The van der Waals surface area contributed by atoms with Crippen molar-refractivity contribution in [3.05, 3.63) is 56.1 Å². The second-order valence-electron chi connectivity index (χ2n) is 6.02. The first-order valence-corrected chi connectivity index (χ1v) is 9.83. The van der Waals surface area contributed by atoms with Gasteiger partial charge in [-0.15, -0.1) is 0 Å². The Balaban J connectivity index is 1.82. The Labute approximate surface area is 178 Å². The number of carbonyl (C=O) groups excluding carboxylic acids is 1. The maximum atomic E-state index is 12.9. The molecule has 4 aromatic rings. The van der Waals surface area contributed by atoms with Gasteiger partial charge in [0.15, 0.2) is 0 Å². The van der Waals surface area contributed by atoms with Gasteiger partial charge in [0.1, 0.15) is 17.0 Å². The van der Waals surface area contributed by atoms with Gasteiger partial charge in [0, 0.05) is 22.3 Å². The van der Waals surface area contributed by atoms with E-state index in [1.807, 2.05) is 6.92 Å². The molecule has 0 aliphatic rings. The topological polar surface area (TPSA) is 94.9 Å². The van der Waals surface area contributed by atoms with Crippen LogP contribution in [-0.2, 0) is 0 Å². The van der Waals surface area contributed by atoms with Crippen LogP contribution >= 0.6 is 34.7 Å². The van der Waals surface area contributed by atoms with Crippen LogP contribution in [0.4, 0.5) is 0 Å². The molecule has 0 fully saturated rings. The van der Waals surface area contributed by atoms with Gasteiger partial charge in [0.2, 0.25) is 16.5 Å². The van der Waals surface area contributed by atoms with Crippen LogP contribution in [0.1, 0.15) is 21.8 Å². The van der Waals surface area contributed by atoms with E-state index in [4.69, 9.17) is 32.5 Å². The third-order valence-electron chi connectivity index (χ3n) is 4.03. The second-order valence-corrected chi connectivity index (χ2v) is 7.78. The zero-order chi connectivity index (χ0) is 20.7. The average Bonchev–Trinajstić information content (AvgIpc) is 3.23. The highest BCUT2D eigenvalue weighted by Gasteiger charge is 2.23. The molecule has 0 aliphatic carbocycles. The number of benzene rings is 1. The molecule has 0 atom stereocenters. The van der Waals surface area contributed by atoms with E-state index in [0.29, 0.717) is 38.7 Å². The van der Waals surface area contributed by atoms with Gasteiger partial charge >= 0.3 is 0 Å². The van der Waals surface area contributed by atoms with Crippen LogP contribution in [0.15, 0.2) is 33.8 Å². The molecule has 1 amide bonds. The number of fused-ring (bicyclic) bond motifs is 1. The first-order chi connectivity index (χ1) is 13.9. The SMILES string of the molecule is COc1cc(C)nc2nc(=NC(=O)c3c(-c4ccc(Cl)cc4Cl)noc3C)sn12. The minimum atomic E-state index is -0.555. The summed E-state index contributed by atoms with van der Waals surface area (Å²) in [6.07, 6.45) is 0. The monoisotopic (exact) mass is 449 g/mol. The molecule has 29 heavy (non-hydrogen) atoms. The van der Waals surface area contributed by atoms with Crippen LogP contribution in [0.25, 0.3) is 17.0 Å². The third kappa shape index (κ3) is 3.64. The number of amides is 1. The minimum absolute atomic E-state index is 0.203. The Morgan fingerprint density at radius 1 is 1.24 bits per heavy atom. The molecule has 0 saturated carbocycles. The Bertz CT molecular complexity index is 1330. The Hall–Kier alpha value is -2.75. The predicted molar refractivity (Wildman–Crippen MR) is 109 cm³/mol. The molecule has 0 N–H and O–H groups in total. The van der Waals surface area contributed by atoms with Gasteiger partial charge < -0.3 is 9.26 Å². The molecule has 8 nitrogen and oxygen atoms in total. The van der Waals surface area contributed by atoms with Gasteiger partial charge in [-0.3, -0.25) is 4.79 Å². The Kier molecular flexibility index (Phi) is 5.12. The van der Waals surface area contributed by atoms with Gasteiger partial charge in [0.25, 0.3) is 5.91 Å². The van der Waals surface area contributed by atoms with E-state index < -0.39 is 5.91 Å². The summed E-state index contributed by atoms with van der Waals surface area (Å²) in [5.74, 6) is 0.704. The second kappa shape index (κ2) is 7.58. The van der Waals surface area contributed by atoms with Crippen molar-refractivity contribution in [3.8, 4) is 17.1 Å². The molecule has 0 radical (unpaired) electrons. The molecule has 1 aromatic carbocycles. The molecule has 4 rings (SSSR count). The molecule has 11 heteroatoms. The first-order valence-electron chi connectivity index (χ1n) is 8.30. The van der Waals surface area contributed by atoms with E-state index in [-0.39, 0.29) is 10.4 Å². The molecule has 3 heterocycles. The number of hydrogen-bond acceptors (Lipinski definition) is 7. The predicted octanol–water partition coefficient (Wildman–Crippen LogP) is 4.12. The first kappa shape index (κ1) is 19.6. The molecule has 0 bridgehead atoms. The van der Waals surface area contributed by atoms with Crippen LogP contribution in [0.2, 0.25) is 10.0 Å². The normalized spacial score (nSPS) is 12.0. The summed E-state index contributed by atoms with van der Waals surface area (Å²) in [5, 5.41) is 4.80. The van der Waals surface area contributed by atoms with Crippen LogP contribution in [0.5, 0.6) is 5.88 Å². The molecule has 3 aromatic heterocycles. The number of carbonyl (C=O) groups is 1. The summed E-state index contributed by atoms with van der Waals surface area (Å²) in [4.78, 5) is 25.9. The molecular formula is C18H13Cl2N5O3S. The van der Waals surface area contributed by atoms with Gasteiger partial charge in [0.05, 0.1) is 12.1 Å². The van der Waals surface area contributed by atoms with Gasteiger partial charge in [-0.05, 0) is 43.6 Å². The molecule has 148 valence electrons. The van der Waals surface area contributed by atoms with Crippen molar-refractivity contribution in [2.45, 2.75) is 13.8 Å². The van der Waals surface area contributed by atoms with Crippen molar-refractivity contribution in [2.75, 3.05) is 7.11 Å². The molecule has 0 unspecified atom stereocenters. The van der Waals surface area contributed by atoms with Crippen molar-refractivity contribution in [1.29, 1.82) is 0 Å². The average molecular weight is 450 g/mol. The fourth-order valence-corrected chi connectivity index (χ4v) is 4.02. The van der Waals surface area contributed by atoms with Crippen molar-refractivity contribution >= 4 is 46.4 Å². The number of halogens is 2. The van der Waals surface area contributed by atoms with Gasteiger partial charge in [-0.1, -0.05) is 28.4 Å². The lowest BCUT2D eigenvalue weighted by Crippen LogP contribution is -2.06. The lowest BCUT2D eigenvalue weighted by molar-refractivity contribution is 0.0997. The highest BCUT2D eigenvalue weighted by molar-refractivity contribution is 7.03. The largest absolute Gasteiger partial charge is 0.481 e. The summed E-state index contributed by atoms with van der Waals surface area (Å²) >= 11 is 13.4. The maximum absolute atomic E-state index is 12.9. The van der Waals surface area contributed by atoms with E-state index >= 15 is 0 Å². The minimum Gasteiger partial charge on any atom is -0.481 e. The van der Waals surface area contributed by atoms with E-state index in [9.17, 15) is 4.79 Å². The number of ether oxygens (including phenoxy) is 1.